The summed E-state index contributed by atoms with van der Waals surface area (Å²) in [6.07, 6.45) is 6.46. The van der Waals surface area contributed by atoms with E-state index in [0.29, 0.717) is 17.4 Å². The van der Waals surface area contributed by atoms with Crippen molar-refractivity contribution in [3.63, 3.8) is 0 Å². The van der Waals surface area contributed by atoms with Gasteiger partial charge in [-0.15, -0.1) is 0 Å². The van der Waals surface area contributed by atoms with E-state index in [2.05, 4.69) is 20.3 Å². The van der Waals surface area contributed by atoms with Crippen LogP contribution in [0.2, 0.25) is 0 Å². The number of nitrogens with one attached hydrogen (secondary N) is 1. The van der Waals surface area contributed by atoms with Crippen molar-refractivity contribution < 1.29 is 4.74 Å². The van der Waals surface area contributed by atoms with E-state index < -0.39 is 0 Å². The third-order valence-electron chi connectivity index (χ3n) is 3.08. The molecule has 0 saturated heterocycles. The molecule has 0 bridgehead atoms. The van der Waals surface area contributed by atoms with Crippen LogP contribution in [0.15, 0.2) is 18.7 Å². The fraction of sp³-hybridized carbons (Fsp3) is 0.500. The van der Waals surface area contributed by atoms with Crippen LogP contribution in [0.5, 0.6) is 5.88 Å². The molecule has 0 aliphatic heterocycles. The maximum atomic E-state index is 6.01. The molecule has 2 rings (SSSR count). The molecule has 0 amide bonds. The summed E-state index contributed by atoms with van der Waals surface area (Å²) in [5.74, 6) is 1.99. The lowest BCUT2D eigenvalue weighted by Gasteiger charge is -2.14. The van der Waals surface area contributed by atoms with Crippen LogP contribution < -0.4 is 15.8 Å². The summed E-state index contributed by atoms with van der Waals surface area (Å²) >= 11 is 0. The fourth-order valence-electron chi connectivity index (χ4n) is 1.90. The Labute approximate surface area is 124 Å². The molecule has 2 heterocycles. The molecule has 0 saturated carbocycles. The predicted molar refractivity (Wildman–Crippen MR) is 82.4 cm³/mol. The smallest absolute Gasteiger partial charge is 0.242 e. The van der Waals surface area contributed by atoms with Crippen LogP contribution in [-0.2, 0) is 6.54 Å². The second-order valence-corrected chi connectivity index (χ2v) is 5.09. The zero-order valence-electron chi connectivity index (χ0n) is 12.7. The number of anilines is 2. The van der Waals surface area contributed by atoms with Gasteiger partial charge in [0.05, 0.1) is 13.4 Å². The Morgan fingerprint density at radius 1 is 1.38 bits per heavy atom. The lowest BCUT2D eigenvalue weighted by molar-refractivity contribution is 0.396. The summed E-state index contributed by atoms with van der Waals surface area (Å²) < 4.78 is 7.25. The summed E-state index contributed by atoms with van der Waals surface area (Å²) in [4.78, 5) is 12.8. The quantitative estimate of drug-likeness (QED) is 0.757. The van der Waals surface area contributed by atoms with Gasteiger partial charge in [-0.25, -0.2) is 9.97 Å². The largest absolute Gasteiger partial charge is 0.479 e. The first kappa shape index (κ1) is 15.1. The standard InChI is InChI=1S/C14H22N6O/c1-10(2)12-18-13(11(15)14(19-12)21-3)17-5-4-7-20-8-6-16-9-20/h6,8-10H,4-5,7,15H2,1-3H3,(H,17,18,19). The summed E-state index contributed by atoms with van der Waals surface area (Å²) in [6, 6.07) is 0. The van der Waals surface area contributed by atoms with Crippen LogP contribution in [0.3, 0.4) is 0 Å². The van der Waals surface area contributed by atoms with Gasteiger partial charge in [0, 0.05) is 31.4 Å². The molecule has 7 heteroatoms. The highest BCUT2D eigenvalue weighted by Gasteiger charge is 2.13. The molecule has 0 atom stereocenters. The number of ether oxygens (including phenoxy) is 1. The highest BCUT2D eigenvalue weighted by atomic mass is 16.5. The molecule has 2 aromatic rings. The van der Waals surface area contributed by atoms with Gasteiger partial charge in [0.1, 0.15) is 11.5 Å². The highest BCUT2D eigenvalue weighted by Crippen LogP contribution is 2.27. The van der Waals surface area contributed by atoms with Crippen LogP contribution in [0, 0.1) is 0 Å². The Morgan fingerprint density at radius 2 is 2.19 bits per heavy atom. The second-order valence-electron chi connectivity index (χ2n) is 5.09. The average molecular weight is 290 g/mol. The van der Waals surface area contributed by atoms with Gasteiger partial charge >= 0.3 is 0 Å². The first-order valence-electron chi connectivity index (χ1n) is 7.02. The van der Waals surface area contributed by atoms with Crippen LogP contribution in [0.1, 0.15) is 32.0 Å². The number of aromatic nitrogens is 4. The number of nitrogens with two attached hydrogens (primary N) is 1. The number of methoxy groups -OCH3 is 1. The molecular formula is C14H22N6O. The van der Waals surface area contributed by atoms with Gasteiger partial charge < -0.3 is 20.4 Å². The highest BCUT2D eigenvalue weighted by molar-refractivity contribution is 5.66. The van der Waals surface area contributed by atoms with Crippen LogP contribution in [0.4, 0.5) is 11.5 Å². The van der Waals surface area contributed by atoms with E-state index in [1.807, 2.05) is 24.6 Å². The minimum absolute atomic E-state index is 0.214. The first-order valence-corrected chi connectivity index (χ1v) is 7.02. The first-order chi connectivity index (χ1) is 10.1. The lowest BCUT2D eigenvalue weighted by Crippen LogP contribution is -2.12. The third kappa shape index (κ3) is 3.84. The van der Waals surface area contributed by atoms with Crippen molar-refractivity contribution in [1.82, 2.24) is 19.5 Å². The Balaban J connectivity index is 1.99. The molecule has 0 fully saturated rings. The predicted octanol–water partition coefficient (Wildman–Crippen LogP) is 1.89. The van der Waals surface area contributed by atoms with Gasteiger partial charge in [0.15, 0.2) is 5.82 Å². The van der Waals surface area contributed by atoms with Crippen molar-refractivity contribution in [2.24, 2.45) is 0 Å². The van der Waals surface area contributed by atoms with Crippen molar-refractivity contribution in [2.45, 2.75) is 32.7 Å². The van der Waals surface area contributed by atoms with Gasteiger partial charge in [0.2, 0.25) is 5.88 Å². The summed E-state index contributed by atoms with van der Waals surface area (Å²) in [5.41, 5.74) is 6.46. The topological polar surface area (TPSA) is 90.9 Å². The van der Waals surface area contributed by atoms with E-state index in [-0.39, 0.29) is 5.92 Å². The minimum Gasteiger partial charge on any atom is -0.479 e. The molecule has 3 N–H and O–H groups in total. The van der Waals surface area contributed by atoms with E-state index >= 15 is 0 Å². The van der Waals surface area contributed by atoms with E-state index in [1.54, 1.807) is 19.6 Å². The van der Waals surface area contributed by atoms with Crippen LogP contribution in [-0.4, -0.2) is 33.2 Å². The lowest BCUT2D eigenvalue weighted by atomic mass is 10.2. The molecule has 0 aliphatic rings. The Morgan fingerprint density at radius 3 is 2.81 bits per heavy atom. The van der Waals surface area contributed by atoms with Crippen molar-refractivity contribution in [1.29, 1.82) is 0 Å². The summed E-state index contributed by atoms with van der Waals surface area (Å²) in [7, 11) is 1.56. The molecule has 0 aliphatic carbocycles. The van der Waals surface area contributed by atoms with Crippen molar-refractivity contribution >= 4 is 11.5 Å². The van der Waals surface area contributed by atoms with Crippen LogP contribution >= 0.6 is 0 Å². The number of nitrogens with zero attached hydrogens (tertiary/aromatic N) is 4. The van der Waals surface area contributed by atoms with Gasteiger partial charge in [-0.3, -0.25) is 0 Å². The van der Waals surface area contributed by atoms with Gasteiger partial charge in [0.25, 0.3) is 0 Å². The maximum absolute atomic E-state index is 6.01. The Hall–Kier alpha value is -2.31. The normalized spacial score (nSPS) is 10.9. The number of imidazole rings is 1. The molecule has 21 heavy (non-hydrogen) atoms. The summed E-state index contributed by atoms with van der Waals surface area (Å²) in [5, 5.41) is 3.26. The molecule has 0 aromatic carbocycles. The second kappa shape index (κ2) is 6.92. The maximum Gasteiger partial charge on any atom is 0.242 e. The van der Waals surface area contributed by atoms with Crippen molar-refractivity contribution in [2.75, 3.05) is 24.7 Å². The third-order valence-corrected chi connectivity index (χ3v) is 3.08. The number of nitrogen functional groups attached to an aromatic ring is 1. The number of rotatable bonds is 7. The number of hydrogen-bond acceptors (Lipinski definition) is 6. The van der Waals surface area contributed by atoms with E-state index in [4.69, 9.17) is 10.5 Å². The van der Waals surface area contributed by atoms with E-state index in [0.717, 1.165) is 25.3 Å². The fourth-order valence-corrected chi connectivity index (χ4v) is 1.90. The minimum atomic E-state index is 0.214. The van der Waals surface area contributed by atoms with E-state index in [9.17, 15) is 0 Å². The zero-order chi connectivity index (χ0) is 15.2. The Bertz CT molecular complexity index is 567. The zero-order valence-corrected chi connectivity index (χ0v) is 12.7. The monoisotopic (exact) mass is 290 g/mol. The molecule has 114 valence electrons. The SMILES string of the molecule is COc1nc(C(C)C)nc(NCCCn2ccnc2)c1N. The van der Waals surface area contributed by atoms with Crippen molar-refractivity contribution in [3.8, 4) is 5.88 Å². The van der Waals surface area contributed by atoms with Crippen LogP contribution in [0.25, 0.3) is 0 Å². The van der Waals surface area contributed by atoms with Gasteiger partial charge in [-0.1, -0.05) is 13.8 Å². The Kier molecular flexibility index (Phi) is 4.97. The molecule has 0 radical (unpaired) electrons. The van der Waals surface area contributed by atoms with Crippen molar-refractivity contribution in [3.05, 3.63) is 24.5 Å². The number of hydrogen-bond donors (Lipinski definition) is 2. The molecule has 7 nitrogen and oxygen atoms in total. The summed E-state index contributed by atoms with van der Waals surface area (Å²) in [6.45, 7) is 5.73. The average Bonchev–Trinajstić information content (AvgIpc) is 2.98. The van der Waals surface area contributed by atoms with E-state index in [1.165, 1.54) is 0 Å². The molecular weight excluding hydrogens is 268 g/mol. The molecule has 0 unspecified atom stereocenters. The van der Waals surface area contributed by atoms with Gasteiger partial charge in [-0.05, 0) is 6.42 Å². The molecule has 2 aromatic heterocycles. The molecule has 0 spiro atoms. The number of aryl methyl sites for hydroxylation is 1. The van der Waals surface area contributed by atoms with Gasteiger partial charge in [-0.2, -0.15) is 4.98 Å².